The van der Waals surface area contributed by atoms with Crippen molar-refractivity contribution >= 4 is 0 Å². The van der Waals surface area contributed by atoms with Gasteiger partial charge in [0.15, 0.2) is 5.69 Å². The Morgan fingerprint density at radius 1 is 0.889 bits per heavy atom. The topological polar surface area (TPSA) is 41.7 Å². The van der Waals surface area contributed by atoms with E-state index in [2.05, 4.69) is 5.10 Å². The van der Waals surface area contributed by atoms with Gasteiger partial charge < -0.3 is 0 Å². The Hall–Kier alpha value is -2.62. The van der Waals surface area contributed by atoms with Gasteiger partial charge in [-0.3, -0.25) is 0 Å². The quantitative estimate of drug-likeness (QED) is 0.674. The van der Waals surface area contributed by atoms with Crippen molar-refractivity contribution < 1.29 is 4.68 Å². The second-order valence-electron chi connectivity index (χ2n) is 3.94. The molecule has 0 fully saturated rings. The average molecular weight is 238 g/mol. The minimum absolute atomic E-state index is 0.162. The molecule has 3 aromatic rings. The van der Waals surface area contributed by atoms with Gasteiger partial charge in [-0.1, -0.05) is 36.4 Å². The lowest BCUT2D eigenvalue weighted by Gasteiger charge is -1.92. The summed E-state index contributed by atoms with van der Waals surface area (Å²) in [6.45, 7) is 0. The summed E-state index contributed by atoms with van der Waals surface area (Å²) in [5.41, 5.74) is 1.60. The van der Waals surface area contributed by atoms with Crippen LogP contribution in [-0.2, 0) is 0 Å². The molecule has 88 valence electrons. The van der Waals surface area contributed by atoms with E-state index in [9.17, 15) is 4.79 Å². The fraction of sp³-hybridized carbons (Fsp3) is 0. The molecule has 0 aliphatic heterocycles. The molecule has 0 saturated carbocycles. The number of nitrogens with one attached hydrogen (secondary N) is 1. The molecule has 1 N–H and O–H groups in total. The van der Waals surface area contributed by atoms with Crippen molar-refractivity contribution in [1.29, 1.82) is 0 Å². The summed E-state index contributed by atoms with van der Waals surface area (Å²) in [7, 11) is 0. The van der Waals surface area contributed by atoms with Gasteiger partial charge in [0.25, 0.3) is 6.33 Å². The third-order valence-corrected chi connectivity index (χ3v) is 2.73. The van der Waals surface area contributed by atoms with Crippen molar-refractivity contribution in [2.24, 2.45) is 0 Å². The molecule has 1 heterocycles. The van der Waals surface area contributed by atoms with Gasteiger partial charge in [-0.15, -0.1) is 14.3 Å². The summed E-state index contributed by atoms with van der Waals surface area (Å²) in [4.78, 5) is 11.9. The smallest absolute Gasteiger partial charge is 0.216 e. The third kappa shape index (κ3) is 1.84. The Morgan fingerprint density at radius 3 is 2.17 bits per heavy atom. The van der Waals surface area contributed by atoms with E-state index in [1.54, 1.807) is 15.6 Å². The first-order valence-corrected chi connectivity index (χ1v) is 5.69. The Kier molecular flexibility index (Phi) is 2.53. The largest absolute Gasteiger partial charge is 0.449 e. The molecule has 2 aromatic carbocycles. The van der Waals surface area contributed by atoms with Crippen LogP contribution in [0.1, 0.15) is 0 Å². The van der Waals surface area contributed by atoms with Gasteiger partial charge in [-0.05, 0) is 24.3 Å². The summed E-state index contributed by atoms with van der Waals surface area (Å²) >= 11 is 0. The zero-order valence-corrected chi connectivity index (χ0v) is 9.65. The van der Waals surface area contributed by atoms with Gasteiger partial charge in [0, 0.05) is 0 Å². The van der Waals surface area contributed by atoms with E-state index in [0.717, 1.165) is 11.4 Å². The van der Waals surface area contributed by atoms with Crippen molar-refractivity contribution in [3.8, 4) is 11.4 Å². The van der Waals surface area contributed by atoms with Crippen molar-refractivity contribution in [1.82, 2.24) is 9.67 Å². The van der Waals surface area contributed by atoms with Gasteiger partial charge in [0.05, 0.1) is 0 Å². The first-order chi connectivity index (χ1) is 8.84. The second-order valence-corrected chi connectivity index (χ2v) is 3.94. The van der Waals surface area contributed by atoms with E-state index in [-0.39, 0.29) is 5.69 Å². The molecule has 0 aliphatic carbocycles. The normalized spacial score (nSPS) is 10.4. The Morgan fingerprint density at radius 2 is 1.50 bits per heavy atom. The predicted octanol–water partition coefficient (Wildman–Crippen LogP) is 1.44. The van der Waals surface area contributed by atoms with Crippen LogP contribution < -0.4 is 10.4 Å². The van der Waals surface area contributed by atoms with E-state index in [0.29, 0.717) is 0 Å². The Bertz CT molecular complexity index is 699. The summed E-state index contributed by atoms with van der Waals surface area (Å²) in [6, 6.07) is 19.2. The first-order valence-electron chi connectivity index (χ1n) is 5.69. The zero-order valence-electron chi connectivity index (χ0n) is 9.65. The van der Waals surface area contributed by atoms with Crippen molar-refractivity contribution in [2.45, 2.75) is 0 Å². The lowest BCUT2D eigenvalue weighted by Crippen LogP contribution is -2.33. The molecule has 0 radical (unpaired) electrons. The third-order valence-electron chi connectivity index (χ3n) is 2.73. The highest BCUT2D eigenvalue weighted by molar-refractivity contribution is 5.30. The number of nitrogens with zero attached hydrogens (tertiary/aromatic N) is 2. The number of H-pyrrole nitrogens is 1. The Labute approximate surface area is 104 Å². The maximum absolute atomic E-state index is 11.9. The van der Waals surface area contributed by atoms with Crippen molar-refractivity contribution in [2.75, 3.05) is 0 Å². The SMILES string of the molecule is O=c1[nH][n+](-c2ccccc2)cn1-c1ccccc1. The Balaban J connectivity index is 2.10. The molecule has 18 heavy (non-hydrogen) atoms. The molecule has 4 nitrogen and oxygen atoms in total. The lowest BCUT2D eigenvalue weighted by molar-refractivity contribution is -0.658. The van der Waals surface area contributed by atoms with Crippen LogP contribution in [0.2, 0.25) is 0 Å². The maximum Gasteiger partial charge on any atom is 0.449 e. The van der Waals surface area contributed by atoms with Gasteiger partial charge >= 0.3 is 5.69 Å². The first kappa shape index (κ1) is 10.5. The van der Waals surface area contributed by atoms with Crippen LogP contribution in [0.4, 0.5) is 0 Å². The molecule has 0 atom stereocenters. The molecule has 0 spiro atoms. The van der Waals surface area contributed by atoms with Gasteiger partial charge in [0.1, 0.15) is 5.69 Å². The number of para-hydroxylation sites is 2. The summed E-state index contributed by atoms with van der Waals surface area (Å²) in [5, 5.41) is 2.78. The van der Waals surface area contributed by atoms with Gasteiger partial charge in [0.2, 0.25) is 0 Å². The van der Waals surface area contributed by atoms with Crippen LogP contribution in [0.25, 0.3) is 11.4 Å². The molecule has 1 aromatic heterocycles. The molecule has 0 bridgehead atoms. The number of benzene rings is 2. The number of rotatable bonds is 2. The zero-order chi connectivity index (χ0) is 12.4. The summed E-state index contributed by atoms with van der Waals surface area (Å²) < 4.78 is 3.28. The molecule has 0 saturated heterocycles. The van der Waals surface area contributed by atoms with Crippen LogP contribution in [0.15, 0.2) is 71.8 Å². The number of aromatic nitrogens is 3. The second kappa shape index (κ2) is 4.33. The minimum atomic E-state index is -0.162. The highest BCUT2D eigenvalue weighted by atomic mass is 16.1. The van der Waals surface area contributed by atoms with E-state index < -0.39 is 0 Å². The predicted molar refractivity (Wildman–Crippen MR) is 67.9 cm³/mol. The monoisotopic (exact) mass is 238 g/mol. The number of aromatic amines is 1. The molecular formula is C14H12N3O+. The van der Waals surface area contributed by atoms with E-state index >= 15 is 0 Å². The molecular weight excluding hydrogens is 226 g/mol. The van der Waals surface area contributed by atoms with Crippen LogP contribution in [0.3, 0.4) is 0 Å². The van der Waals surface area contributed by atoms with E-state index in [1.807, 2.05) is 60.7 Å². The van der Waals surface area contributed by atoms with Crippen molar-refractivity contribution in [3.63, 3.8) is 0 Å². The standard InChI is InChI=1S/C14H11N3O/c18-14-15-17(13-9-5-2-6-10-13)11-16(14)12-7-3-1-4-8-12/h1-11H/p+1. The van der Waals surface area contributed by atoms with Crippen molar-refractivity contribution in [3.05, 3.63) is 77.5 Å². The molecule has 0 amide bonds. The van der Waals surface area contributed by atoms with Crippen LogP contribution in [0.5, 0.6) is 0 Å². The minimum Gasteiger partial charge on any atom is -0.216 e. The van der Waals surface area contributed by atoms with E-state index in [1.165, 1.54) is 0 Å². The maximum atomic E-state index is 11.9. The molecule has 0 aliphatic rings. The van der Waals surface area contributed by atoms with Crippen LogP contribution in [-0.4, -0.2) is 9.67 Å². The molecule has 3 rings (SSSR count). The fourth-order valence-corrected chi connectivity index (χ4v) is 1.85. The highest BCUT2D eigenvalue weighted by Gasteiger charge is 2.13. The summed E-state index contributed by atoms with van der Waals surface area (Å²) in [6.07, 6.45) is 1.74. The molecule has 0 unspecified atom stereocenters. The average Bonchev–Trinajstić information content (AvgIpc) is 2.83. The molecule has 4 heteroatoms. The number of hydrogen-bond donors (Lipinski definition) is 1. The van der Waals surface area contributed by atoms with Crippen LogP contribution in [0, 0.1) is 0 Å². The van der Waals surface area contributed by atoms with Gasteiger partial charge in [-0.25, -0.2) is 4.79 Å². The van der Waals surface area contributed by atoms with Crippen LogP contribution >= 0.6 is 0 Å². The fourth-order valence-electron chi connectivity index (χ4n) is 1.85. The van der Waals surface area contributed by atoms with Gasteiger partial charge in [-0.2, -0.15) is 0 Å². The lowest BCUT2D eigenvalue weighted by atomic mass is 10.3. The van der Waals surface area contributed by atoms with E-state index in [4.69, 9.17) is 0 Å². The highest BCUT2D eigenvalue weighted by Crippen LogP contribution is 2.02. The number of hydrogen-bond acceptors (Lipinski definition) is 1. The summed E-state index contributed by atoms with van der Waals surface area (Å²) in [5.74, 6) is 0.